The van der Waals surface area contributed by atoms with Crippen molar-refractivity contribution >= 4 is 0 Å². The summed E-state index contributed by atoms with van der Waals surface area (Å²) in [5.74, 6) is 0.228. The van der Waals surface area contributed by atoms with Gasteiger partial charge in [-0.2, -0.15) is 8.78 Å². The van der Waals surface area contributed by atoms with Crippen molar-refractivity contribution in [2.75, 3.05) is 26.2 Å². The fraction of sp³-hybridized carbons (Fsp3) is 0.625. The summed E-state index contributed by atoms with van der Waals surface area (Å²) in [5.41, 5.74) is 1.16. The summed E-state index contributed by atoms with van der Waals surface area (Å²) >= 11 is 0. The topological polar surface area (TPSA) is 15.7 Å². The Kier molecular flexibility index (Phi) is 4.70. The maximum Gasteiger partial charge on any atom is 0.387 e. The van der Waals surface area contributed by atoms with E-state index in [9.17, 15) is 8.78 Å². The van der Waals surface area contributed by atoms with Crippen molar-refractivity contribution in [3.05, 3.63) is 29.8 Å². The Bertz CT molecular complexity index is 452. The molecule has 0 saturated carbocycles. The number of hydrogen-bond acceptors (Lipinski definition) is 3. The predicted octanol–water partition coefficient (Wildman–Crippen LogP) is 2.96. The van der Waals surface area contributed by atoms with Gasteiger partial charge in [-0.05, 0) is 56.6 Å². The van der Waals surface area contributed by atoms with Crippen LogP contribution in [0.4, 0.5) is 8.78 Å². The van der Waals surface area contributed by atoms with Crippen molar-refractivity contribution in [3.63, 3.8) is 0 Å². The fourth-order valence-corrected chi connectivity index (χ4v) is 3.46. The number of nitrogens with zero attached hydrogens (tertiary/aromatic N) is 2. The molecule has 2 aliphatic heterocycles. The Morgan fingerprint density at radius 2 is 1.86 bits per heavy atom. The molecule has 1 unspecified atom stereocenters. The highest BCUT2D eigenvalue weighted by Gasteiger charge is 2.28. The summed E-state index contributed by atoms with van der Waals surface area (Å²) in [7, 11) is 0. The Morgan fingerprint density at radius 1 is 1.10 bits per heavy atom. The Morgan fingerprint density at radius 3 is 2.62 bits per heavy atom. The van der Waals surface area contributed by atoms with E-state index >= 15 is 0 Å². The monoisotopic (exact) mass is 296 g/mol. The highest BCUT2D eigenvalue weighted by atomic mass is 19.3. The van der Waals surface area contributed by atoms with Crippen LogP contribution in [0.1, 0.15) is 24.8 Å². The number of hydrogen-bond donors (Lipinski definition) is 0. The molecular weight excluding hydrogens is 274 g/mol. The van der Waals surface area contributed by atoms with Crippen LogP contribution < -0.4 is 4.74 Å². The Balaban J connectivity index is 1.57. The number of fused-ring (bicyclic) bond motifs is 1. The van der Waals surface area contributed by atoms with E-state index in [1.54, 1.807) is 12.1 Å². The molecule has 116 valence electrons. The maximum atomic E-state index is 12.1. The van der Waals surface area contributed by atoms with Gasteiger partial charge >= 0.3 is 6.61 Å². The predicted molar refractivity (Wildman–Crippen MR) is 77.6 cm³/mol. The lowest BCUT2D eigenvalue weighted by Gasteiger charge is -2.25. The van der Waals surface area contributed by atoms with E-state index in [1.807, 2.05) is 12.1 Å². The second kappa shape index (κ2) is 6.71. The van der Waals surface area contributed by atoms with Crippen molar-refractivity contribution < 1.29 is 13.5 Å². The standard InChI is InChI=1S/C16H22F2N2O/c17-16(18)21-15-6-4-13(5-7-15)11-19-8-2-10-20-9-1-3-14(20)12-19/h4-7,14,16H,1-3,8-12H2. The van der Waals surface area contributed by atoms with Gasteiger partial charge < -0.3 is 4.74 Å². The second-order valence-electron chi connectivity index (χ2n) is 5.94. The van der Waals surface area contributed by atoms with E-state index < -0.39 is 6.61 Å². The van der Waals surface area contributed by atoms with Crippen LogP contribution in [0, 0.1) is 0 Å². The van der Waals surface area contributed by atoms with Gasteiger partial charge in [0, 0.05) is 19.1 Å². The van der Waals surface area contributed by atoms with Crippen molar-refractivity contribution in [2.24, 2.45) is 0 Å². The summed E-state index contributed by atoms with van der Waals surface area (Å²) in [4.78, 5) is 5.10. The van der Waals surface area contributed by atoms with Gasteiger partial charge in [0.25, 0.3) is 0 Å². The minimum atomic E-state index is -2.75. The minimum Gasteiger partial charge on any atom is -0.435 e. The van der Waals surface area contributed by atoms with Crippen molar-refractivity contribution in [1.82, 2.24) is 9.80 Å². The zero-order valence-corrected chi connectivity index (χ0v) is 12.2. The smallest absolute Gasteiger partial charge is 0.387 e. The maximum absolute atomic E-state index is 12.1. The second-order valence-corrected chi connectivity index (χ2v) is 5.94. The van der Waals surface area contributed by atoms with Gasteiger partial charge in [0.1, 0.15) is 5.75 Å². The quantitative estimate of drug-likeness (QED) is 0.849. The van der Waals surface area contributed by atoms with Crippen molar-refractivity contribution in [3.8, 4) is 5.75 Å². The molecule has 5 heteroatoms. The van der Waals surface area contributed by atoms with Crippen LogP contribution in [0.5, 0.6) is 5.75 Å². The van der Waals surface area contributed by atoms with Gasteiger partial charge in [-0.1, -0.05) is 12.1 Å². The Hall–Kier alpha value is -1.20. The average Bonchev–Trinajstić information content (AvgIpc) is 2.79. The number of rotatable bonds is 4. The van der Waals surface area contributed by atoms with Gasteiger partial charge in [-0.25, -0.2) is 0 Å². The molecule has 0 radical (unpaired) electrons. The van der Waals surface area contributed by atoms with Crippen molar-refractivity contribution in [1.29, 1.82) is 0 Å². The van der Waals surface area contributed by atoms with Gasteiger partial charge in [0.2, 0.25) is 0 Å². The zero-order valence-electron chi connectivity index (χ0n) is 12.2. The summed E-state index contributed by atoms with van der Waals surface area (Å²) < 4.78 is 28.6. The highest BCUT2D eigenvalue weighted by Crippen LogP contribution is 2.23. The normalized spacial score (nSPS) is 24.0. The third kappa shape index (κ3) is 3.92. The number of alkyl halides is 2. The summed E-state index contributed by atoms with van der Waals surface area (Å²) in [5, 5.41) is 0. The van der Waals surface area contributed by atoms with E-state index in [0.29, 0.717) is 6.04 Å². The molecule has 3 nitrogen and oxygen atoms in total. The lowest BCUT2D eigenvalue weighted by molar-refractivity contribution is -0.0498. The molecule has 1 atom stereocenters. The van der Waals surface area contributed by atoms with Crippen LogP contribution in [-0.2, 0) is 6.54 Å². The molecule has 1 aromatic rings. The SMILES string of the molecule is FC(F)Oc1ccc(CN2CCCN3CCCC3C2)cc1. The third-order valence-electron chi connectivity index (χ3n) is 4.44. The summed E-state index contributed by atoms with van der Waals surface area (Å²) in [6.07, 6.45) is 3.83. The largest absolute Gasteiger partial charge is 0.435 e. The molecule has 0 aromatic heterocycles. The molecule has 2 fully saturated rings. The van der Waals surface area contributed by atoms with Crippen LogP contribution in [0.3, 0.4) is 0 Å². The molecule has 2 heterocycles. The molecule has 0 aliphatic carbocycles. The van der Waals surface area contributed by atoms with Crippen LogP contribution in [-0.4, -0.2) is 48.6 Å². The van der Waals surface area contributed by atoms with Crippen LogP contribution in [0.2, 0.25) is 0 Å². The zero-order chi connectivity index (χ0) is 14.7. The first-order valence-corrected chi connectivity index (χ1v) is 7.71. The van der Waals surface area contributed by atoms with Crippen LogP contribution in [0.15, 0.2) is 24.3 Å². The molecule has 0 amide bonds. The summed E-state index contributed by atoms with van der Waals surface area (Å²) in [6.45, 7) is 2.83. The van der Waals surface area contributed by atoms with E-state index in [-0.39, 0.29) is 5.75 Å². The first-order valence-electron chi connectivity index (χ1n) is 7.71. The van der Waals surface area contributed by atoms with E-state index in [4.69, 9.17) is 0 Å². The molecule has 3 rings (SSSR count). The number of halogens is 2. The van der Waals surface area contributed by atoms with Crippen molar-refractivity contribution in [2.45, 2.75) is 38.5 Å². The first-order chi connectivity index (χ1) is 10.2. The van der Waals surface area contributed by atoms with E-state index in [1.165, 1.54) is 32.4 Å². The molecular formula is C16H22F2N2O. The van der Waals surface area contributed by atoms with E-state index in [2.05, 4.69) is 14.5 Å². The van der Waals surface area contributed by atoms with Crippen LogP contribution >= 0.6 is 0 Å². The lowest BCUT2D eigenvalue weighted by atomic mass is 10.1. The molecule has 0 bridgehead atoms. The first kappa shape index (κ1) is 14.7. The molecule has 2 saturated heterocycles. The molecule has 0 N–H and O–H groups in total. The van der Waals surface area contributed by atoms with Gasteiger partial charge in [-0.15, -0.1) is 0 Å². The van der Waals surface area contributed by atoms with Gasteiger partial charge in [0.05, 0.1) is 0 Å². The van der Waals surface area contributed by atoms with Crippen LogP contribution in [0.25, 0.3) is 0 Å². The van der Waals surface area contributed by atoms with Gasteiger partial charge in [0.15, 0.2) is 0 Å². The number of ether oxygens (including phenoxy) is 1. The fourth-order valence-electron chi connectivity index (χ4n) is 3.46. The highest BCUT2D eigenvalue weighted by molar-refractivity contribution is 5.27. The lowest BCUT2D eigenvalue weighted by Crippen LogP contribution is -2.36. The Labute approximate surface area is 124 Å². The number of benzene rings is 1. The van der Waals surface area contributed by atoms with Gasteiger partial charge in [-0.3, -0.25) is 9.80 Å². The molecule has 2 aliphatic rings. The molecule has 0 spiro atoms. The van der Waals surface area contributed by atoms with E-state index in [0.717, 1.165) is 25.2 Å². The third-order valence-corrected chi connectivity index (χ3v) is 4.44. The minimum absolute atomic E-state index is 0.228. The average molecular weight is 296 g/mol. The molecule has 1 aromatic carbocycles. The molecule has 21 heavy (non-hydrogen) atoms. The summed E-state index contributed by atoms with van der Waals surface area (Å²) in [6, 6.07) is 7.72.